The molecule has 0 aromatic heterocycles. The Morgan fingerprint density at radius 2 is 1.48 bits per heavy atom. The van der Waals surface area contributed by atoms with Gasteiger partial charge in [-0.3, -0.25) is 4.79 Å². The third-order valence-corrected chi connectivity index (χ3v) is 8.41. The lowest BCUT2D eigenvalue weighted by molar-refractivity contribution is -0.122. The summed E-state index contributed by atoms with van der Waals surface area (Å²) in [7, 11) is -0.687. The zero-order valence-electron chi connectivity index (χ0n) is 19.4. The van der Waals surface area contributed by atoms with E-state index in [9.17, 15) is 4.79 Å². The largest absolute Gasteiger partial charge is 0.375 e. The summed E-state index contributed by atoms with van der Waals surface area (Å²) in [6.45, 7) is 7.13. The third-order valence-electron chi connectivity index (χ3n) is 5.58. The number of ether oxygens (including phenoxy) is 1. The van der Waals surface area contributed by atoms with Crippen molar-refractivity contribution in [2.24, 2.45) is 0 Å². The van der Waals surface area contributed by atoms with Crippen LogP contribution in [0.1, 0.15) is 31.7 Å². The van der Waals surface area contributed by atoms with E-state index >= 15 is 0 Å². The summed E-state index contributed by atoms with van der Waals surface area (Å²) in [4.78, 5) is 13.1. The van der Waals surface area contributed by atoms with Gasteiger partial charge >= 0.3 is 0 Å². The van der Waals surface area contributed by atoms with Gasteiger partial charge in [-0.2, -0.15) is 0 Å². The molecule has 0 saturated carbocycles. The highest BCUT2D eigenvalue weighted by atomic mass is 31.1. The van der Waals surface area contributed by atoms with Gasteiger partial charge in [0.25, 0.3) is 0 Å². The first kappa shape index (κ1) is 24.9. The van der Waals surface area contributed by atoms with Gasteiger partial charge in [0.15, 0.2) is 0 Å². The quantitative estimate of drug-likeness (QED) is 0.268. The van der Waals surface area contributed by atoms with Crippen molar-refractivity contribution in [3.63, 3.8) is 0 Å². The Bertz CT molecular complexity index is 923. The third kappa shape index (κ3) is 7.96. The van der Waals surface area contributed by atoms with Crippen LogP contribution < -0.4 is 15.9 Å². The molecule has 0 radical (unpaired) electrons. The van der Waals surface area contributed by atoms with Crippen LogP contribution in [0.5, 0.6) is 0 Å². The van der Waals surface area contributed by atoms with Gasteiger partial charge < -0.3 is 10.1 Å². The number of hydrogen-bond donors (Lipinski definition) is 1. The standard InChI is InChI=1S/C29H34NO2P/c1-3-14-28(33(26-17-10-6-11-18-26)27-19-12-7-13-20-27)21-29(31)30-25(4-2)23-32-22-24-15-8-5-9-16-24/h3,5-13,15-20,25,28H,1,4,14,21-23H2,2H3,(H,30,31)/t25-,28+/m1/s1. The smallest absolute Gasteiger partial charge is 0.220 e. The summed E-state index contributed by atoms with van der Waals surface area (Å²) in [5.41, 5.74) is 1.33. The first-order chi connectivity index (χ1) is 16.2. The zero-order valence-corrected chi connectivity index (χ0v) is 20.3. The molecule has 3 rings (SSSR count). The van der Waals surface area contributed by atoms with Crippen LogP contribution in [0.3, 0.4) is 0 Å². The number of rotatable bonds is 13. The number of carbonyl (C=O) groups is 1. The summed E-state index contributed by atoms with van der Waals surface area (Å²) in [6.07, 6.45) is 4.04. The Morgan fingerprint density at radius 1 is 0.939 bits per heavy atom. The molecule has 3 aromatic rings. The van der Waals surface area contributed by atoms with Crippen molar-refractivity contribution in [1.29, 1.82) is 0 Å². The molecule has 0 aliphatic rings. The van der Waals surface area contributed by atoms with Crippen LogP contribution in [0.2, 0.25) is 0 Å². The highest BCUT2D eigenvalue weighted by Gasteiger charge is 2.26. The summed E-state index contributed by atoms with van der Waals surface area (Å²) in [5.74, 6) is 0.0800. The van der Waals surface area contributed by atoms with Crippen molar-refractivity contribution in [2.75, 3.05) is 6.61 Å². The average molecular weight is 460 g/mol. The Hall–Kier alpha value is -2.74. The number of carbonyl (C=O) groups excluding carboxylic acids is 1. The second-order valence-electron chi connectivity index (χ2n) is 8.10. The molecule has 4 heteroatoms. The van der Waals surface area contributed by atoms with Crippen molar-refractivity contribution in [2.45, 2.75) is 44.5 Å². The Labute approximate surface area is 199 Å². The molecule has 0 fully saturated rings. The van der Waals surface area contributed by atoms with E-state index in [0.717, 1.165) is 18.4 Å². The molecule has 1 amide bonds. The van der Waals surface area contributed by atoms with Gasteiger partial charge in [-0.25, -0.2) is 0 Å². The molecule has 0 unspecified atom stereocenters. The fraction of sp³-hybridized carbons (Fsp3) is 0.276. The molecule has 33 heavy (non-hydrogen) atoms. The van der Waals surface area contributed by atoms with Crippen molar-refractivity contribution in [3.05, 3.63) is 109 Å². The Morgan fingerprint density at radius 3 is 2.00 bits per heavy atom. The highest BCUT2D eigenvalue weighted by Crippen LogP contribution is 2.43. The van der Waals surface area contributed by atoms with Gasteiger partial charge in [0.2, 0.25) is 5.91 Å². The van der Waals surface area contributed by atoms with E-state index in [1.807, 2.05) is 36.4 Å². The molecule has 172 valence electrons. The number of hydrogen-bond acceptors (Lipinski definition) is 2. The van der Waals surface area contributed by atoms with Gasteiger partial charge in [0.05, 0.1) is 19.3 Å². The fourth-order valence-electron chi connectivity index (χ4n) is 3.88. The van der Waals surface area contributed by atoms with Crippen LogP contribution in [0.15, 0.2) is 104 Å². The predicted octanol–water partition coefficient (Wildman–Crippen LogP) is 5.57. The van der Waals surface area contributed by atoms with Crippen molar-refractivity contribution < 1.29 is 9.53 Å². The predicted molar refractivity (Wildman–Crippen MR) is 141 cm³/mol. The van der Waals surface area contributed by atoms with Crippen LogP contribution in [-0.2, 0) is 16.1 Å². The number of allylic oxidation sites excluding steroid dienone is 1. The minimum absolute atomic E-state index is 0.00488. The maximum absolute atomic E-state index is 13.1. The summed E-state index contributed by atoms with van der Waals surface area (Å²) in [6, 6.07) is 31.2. The van der Waals surface area contributed by atoms with Gasteiger partial charge in [-0.15, -0.1) is 6.58 Å². The monoisotopic (exact) mass is 459 g/mol. The maximum atomic E-state index is 13.1. The van der Waals surface area contributed by atoms with Crippen LogP contribution in [0, 0.1) is 0 Å². The van der Waals surface area contributed by atoms with E-state index in [2.05, 4.69) is 79.5 Å². The van der Waals surface area contributed by atoms with Crippen LogP contribution in [-0.4, -0.2) is 24.2 Å². The molecule has 2 atom stereocenters. The topological polar surface area (TPSA) is 38.3 Å². The van der Waals surface area contributed by atoms with Gasteiger partial charge in [0.1, 0.15) is 0 Å². The molecule has 0 aliphatic heterocycles. The average Bonchev–Trinajstić information content (AvgIpc) is 2.85. The molecule has 3 nitrogen and oxygen atoms in total. The van der Waals surface area contributed by atoms with Crippen LogP contribution >= 0.6 is 7.92 Å². The van der Waals surface area contributed by atoms with E-state index in [4.69, 9.17) is 4.74 Å². The van der Waals surface area contributed by atoms with Gasteiger partial charge in [-0.05, 0) is 42.6 Å². The Kier molecular flexibility index (Phi) is 10.4. The number of benzene rings is 3. The van der Waals surface area contributed by atoms with E-state index < -0.39 is 7.92 Å². The molecule has 0 saturated heterocycles. The molecular weight excluding hydrogens is 425 g/mol. The highest BCUT2D eigenvalue weighted by molar-refractivity contribution is 7.73. The molecule has 0 spiro atoms. The molecule has 0 heterocycles. The van der Waals surface area contributed by atoms with E-state index in [1.54, 1.807) is 0 Å². The van der Waals surface area contributed by atoms with E-state index in [1.165, 1.54) is 10.6 Å². The second-order valence-corrected chi connectivity index (χ2v) is 10.6. The minimum Gasteiger partial charge on any atom is -0.375 e. The van der Waals surface area contributed by atoms with Gasteiger partial charge in [0, 0.05) is 6.42 Å². The molecule has 0 aliphatic carbocycles. The fourth-order valence-corrected chi connectivity index (χ4v) is 6.71. The summed E-state index contributed by atoms with van der Waals surface area (Å²) in [5, 5.41) is 5.79. The van der Waals surface area contributed by atoms with Crippen molar-refractivity contribution >= 4 is 24.4 Å². The first-order valence-corrected chi connectivity index (χ1v) is 13.0. The first-order valence-electron chi connectivity index (χ1n) is 11.6. The number of nitrogens with one attached hydrogen (secondary N) is 1. The van der Waals surface area contributed by atoms with Crippen LogP contribution in [0.4, 0.5) is 0 Å². The summed E-state index contributed by atoms with van der Waals surface area (Å²) < 4.78 is 5.89. The zero-order chi connectivity index (χ0) is 23.3. The lowest BCUT2D eigenvalue weighted by atomic mass is 10.2. The summed E-state index contributed by atoms with van der Waals surface area (Å²) >= 11 is 0. The van der Waals surface area contributed by atoms with Gasteiger partial charge in [-0.1, -0.05) is 104 Å². The Balaban J connectivity index is 1.66. The van der Waals surface area contributed by atoms with E-state index in [-0.39, 0.29) is 17.6 Å². The molecular formula is C29H34NO2P. The molecule has 0 bridgehead atoms. The van der Waals surface area contributed by atoms with Crippen molar-refractivity contribution in [3.8, 4) is 0 Å². The maximum Gasteiger partial charge on any atom is 0.220 e. The van der Waals surface area contributed by atoms with Crippen molar-refractivity contribution in [1.82, 2.24) is 5.32 Å². The SMILES string of the molecule is C=CC[C@@H](CC(=O)N[C@H](CC)COCc1ccccc1)P(c1ccccc1)c1ccccc1. The minimum atomic E-state index is -0.687. The second kappa shape index (κ2) is 13.7. The van der Waals surface area contributed by atoms with Crippen LogP contribution in [0.25, 0.3) is 0 Å². The normalized spacial score (nSPS) is 12.8. The molecule has 3 aromatic carbocycles. The molecule has 1 N–H and O–H groups in total. The lowest BCUT2D eigenvalue weighted by Gasteiger charge is -2.28. The number of amides is 1. The van der Waals surface area contributed by atoms with E-state index in [0.29, 0.717) is 19.6 Å². The lowest BCUT2D eigenvalue weighted by Crippen LogP contribution is -2.39.